The van der Waals surface area contributed by atoms with Crippen molar-refractivity contribution in [3.8, 4) is 0 Å². The number of nitrogens with one attached hydrogen (secondary N) is 1. The lowest BCUT2D eigenvalue weighted by molar-refractivity contribution is -0.140. The van der Waals surface area contributed by atoms with E-state index in [9.17, 15) is 4.79 Å². The van der Waals surface area contributed by atoms with Gasteiger partial charge in [-0.15, -0.1) is 0 Å². The molecule has 2 aliphatic carbocycles. The predicted molar refractivity (Wildman–Crippen MR) is 69.9 cm³/mol. The number of rotatable bonds is 1. The second-order valence-electron chi connectivity index (χ2n) is 6.55. The summed E-state index contributed by atoms with van der Waals surface area (Å²) in [5.74, 6) is 2.74. The number of amides is 1. The number of hydrogen-bond acceptors (Lipinski definition) is 2. The third-order valence-electron chi connectivity index (χ3n) is 5.56. The highest BCUT2D eigenvalue weighted by Crippen LogP contribution is 2.45. The number of fused-ring (bicyclic) bond motifs is 3. The van der Waals surface area contributed by atoms with Crippen molar-refractivity contribution >= 4 is 5.91 Å². The van der Waals surface area contributed by atoms with Crippen LogP contribution in [0.4, 0.5) is 0 Å². The van der Waals surface area contributed by atoms with Crippen LogP contribution in [0.25, 0.3) is 0 Å². The first kappa shape index (κ1) is 11.0. The highest BCUT2D eigenvalue weighted by atomic mass is 16.2. The summed E-state index contributed by atoms with van der Waals surface area (Å²) in [5.41, 5.74) is 0. The zero-order valence-electron chi connectivity index (χ0n) is 10.8. The van der Waals surface area contributed by atoms with Gasteiger partial charge in [0.25, 0.3) is 0 Å². The average molecular weight is 246 g/mol. The van der Waals surface area contributed by atoms with E-state index in [2.05, 4.69) is 22.4 Å². The molecule has 0 aromatic carbocycles. The Morgan fingerprint density at radius 3 is 2.94 bits per heavy atom. The number of hydrogen-bond donors (Lipinski definition) is 1. The molecule has 3 fully saturated rings. The third-order valence-corrected chi connectivity index (χ3v) is 5.56. The summed E-state index contributed by atoms with van der Waals surface area (Å²) in [6.45, 7) is 3.14. The molecule has 0 aromatic heterocycles. The molecular weight excluding hydrogens is 224 g/mol. The van der Waals surface area contributed by atoms with Crippen molar-refractivity contribution in [3.05, 3.63) is 12.2 Å². The van der Waals surface area contributed by atoms with Gasteiger partial charge in [-0.25, -0.2) is 0 Å². The van der Waals surface area contributed by atoms with Gasteiger partial charge < -0.3 is 10.2 Å². The number of carbonyl (C=O) groups is 1. The van der Waals surface area contributed by atoms with Crippen LogP contribution in [0.1, 0.15) is 25.7 Å². The van der Waals surface area contributed by atoms with Gasteiger partial charge in [-0.05, 0) is 43.4 Å². The Bertz CT molecular complexity index is 392. The van der Waals surface area contributed by atoms with Gasteiger partial charge in [-0.1, -0.05) is 12.2 Å². The SMILES string of the molecule is O=C(C1CC2C=CC1C2)N1CCCC2CNCC21. The summed E-state index contributed by atoms with van der Waals surface area (Å²) in [6, 6.07) is 0.495. The zero-order chi connectivity index (χ0) is 12.1. The Morgan fingerprint density at radius 2 is 2.17 bits per heavy atom. The lowest BCUT2D eigenvalue weighted by Gasteiger charge is -2.39. The number of carbonyl (C=O) groups excluding carboxylic acids is 1. The third kappa shape index (κ3) is 1.56. The van der Waals surface area contributed by atoms with Crippen molar-refractivity contribution in [2.45, 2.75) is 31.7 Å². The molecule has 1 amide bonds. The maximum atomic E-state index is 12.8. The van der Waals surface area contributed by atoms with Crippen LogP contribution in [0.2, 0.25) is 0 Å². The molecule has 2 bridgehead atoms. The molecule has 2 aliphatic heterocycles. The molecule has 3 heteroatoms. The predicted octanol–water partition coefficient (Wildman–Crippen LogP) is 1.41. The standard InChI is InChI=1S/C15H22N2O/c18-15(13-7-10-3-4-11(13)6-10)17-5-1-2-12-8-16-9-14(12)17/h3-4,10-14,16H,1-2,5-9H2. The quantitative estimate of drug-likeness (QED) is 0.710. The number of allylic oxidation sites excluding steroid dienone is 2. The van der Waals surface area contributed by atoms with E-state index >= 15 is 0 Å². The van der Waals surface area contributed by atoms with Gasteiger partial charge in [-0.2, -0.15) is 0 Å². The molecule has 0 radical (unpaired) electrons. The summed E-state index contributed by atoms with van der Waals surface area (Å²) >= 11 is 0. The van der Waals surface area contributed by atoms with Crippen LogP contribution in [0.3, 0.4) is 0 Å². The summed E-state index contributed by atoms with van der Waals surface area (Å²) < 4.78 is 0. The summed E-state index contributed by atoms with van der Waals surface area (Å²) in [4.78, 5) is 15.0. The van der Waals surface area contributed by atoms with Gasteiger partial charge in [0.1, 0.15) is 0 Å². The molecule has 18 heavy (non-hydrogen) atoms. The highest BCUT2D eigenvalue weighted by molar-refractivity contribution is 5.80. The van der Waals surface area contributed by atoms with Gasteiger partial charge in [0.05, 0.1) is 0 Å². The van der Waals surface area contributed by atoms with E-state index in [1.165, 1.54) is 19.3 Å². The first-order valence-corrected chi connectivity index (χ1v) is 7.52. The molecule has 0 spiro atoms. The number of piperidine rings is 1. The van der Waals surface area contributed by atoms with E-state index in [1.54, 1.807) is 0 Å². The van der Waals surface area contributed by atoms with Crippen LogP contribution in [0.15, 0.2) is 12.2 Å². The van der Waals surface area contributed by atoms with E-state index in [0.717, 1.165) is 32.0 Å². The summed E-state index contributed by atoms with van der Waals surface area (Å²) in [6.07, 6.45) is 9.47. The fourth-order valence-corrected chi connectivity index (χ4v) is 4.62. The van der Waals surface area contributed by atoms with E-state index < -0.39 is 0 Å². The summed E-state index contributed by atoms with van der Waals surface area (Å²) in [5, 5.41) is 3.47. The molecule has 4 aliphatic rings. The van der Waals surface area contributed by atoms with Crippen LogP contribution >= 0.6 is 0 Å². The zero-order valence-corrected chi connectivity index (χ0v) is 10.8. The fraction of sp³-hybridized carbons (Fsp3) is 0.800. The second-order valence-corrected chi connectivity index (χ2v) is 6.55. The maximum Gasteiger partial charge on any atom is 0.226 e. The number of nitrogens with zero attached hydrogens (tertiary/aromatic N) is 1. The van der Waals surface area contributed by atoms with Crippen molar-refractivity contribution in [1.29, 1.82) is 0 Å². The first-order valence-electron chi connectivity index (χ1n) is 7.52. The van der Waals surface area contributed by atoms with Crippen molar-refractivity contribution in [2.24, 2.45) is 23.7 Å². The Morgan fingerprint density at radius 1 is 1.22 bits per heavy atom. The van der Waals surface area contributed by atoms with E-state index in [4.69, 9.17) is 0 Å². The Balaban J connectivity index is 1.52. The molecule has 5 atom stereocenters. The van der Waals surface area contributed by atoms with Crippen LogP contribution in [0.5, 0.6) is 0 Å². The molecule has 1 N–H and O–H groups in total. The van der Waals surface area contributed by atoms with Gasteiger partial charge >= 0.3 is 0 Å². The van der Waals surface area contributed by atoms with Gasteiger partial charge in [-0.3, -0.25) is 4.79 Å². The van der Waals surface area contributed by atoms with Crippen molar-refractivity contribution < 1.29 is 4.79 Å². The van der Waals surface area contributed by atoms with E-state index in [-0.39, 0.29) is 0 Å². The largest absolute Gasteiger partial charge is 0.338 e. The number of likely N-dealkylation sites (tertiary alicyclic amines) is 1. The lowest BCUT2D eigenvalue weighted by atomic mass is 9.87. The minimum Gasteiger partial charge on any atom is -0.338 e. The van der Waals surface area contributed by atoms with Crippen molar-refractivity contribution in [3.63, 3.8) is 0 Å². The van der Waals surface area contributed by atoms with Crippen LogP contribution in [-0.4, -0.2) is 36.5 Å². The lowest BCUT2D eigenvalue weighted by Crippen LogP contribution is -2.51. The molecule has 2 saturated heterocycles. The van der Waals surface area contributed by atoms with Crippen molar-refractivity contribution in [2.75, 3.05) is 19.6 Å². The minimum absolute atomic E-state index is 0.305. The maximum absolute atomic E-state index is 12.8. The fourth-order valence-electron chi connectivity index (χ4n) is 4.62. The van der Waals surface area contributed by atoms with Crippen LogP contribution in [0, 0.1) is 23.7 Å². The first-order chi connectivity index (χ1) is 8.83. The van der Waals surface area contributed by atoms with E-state index in [0.29, 0.717) is 29.7 Å². The van der Waals surface area contributed by atoms with Crippen LogP contribution < -0.4 is 5.32 Å². The minimum atomic E-state index is 0.305. The normalized spacial score (nSPS) is 45.6. The van der Waals surface area contributed by atoms with Crippen molar-refractivity contribution in [1.82, 2.24) is 10.2 Å². The molecule has 0 aromatic rings. The Kier molecular flexibility index (Phi) is 2.51. The molecular formula is C15H22N2O. The molecule has 3 nitrogen and oxygen atoms in total. The van der Waals surface area contributed by atoms with Gasteiger partial charge in [0.2, 0.25) is 5.91 Å². The molecule has 4 rings (SSSR count). The van der Waals surface area contributed by atoms with Gasteiger partial charge in [0.15, 0.2) is 0 Å². The summed E-state index contributed by atoms with van der Waals surface area (Å²) in [7, 11) is 0. The second kappa shape index (κ2) is 4.09. The monoisotopic (exact) mass is 246 g/mol. The topological polar surface area (TPSA) is 32.3 Å². The van der Waals surface area contributed by atoms with Crippen LogP contribution in [-0.2, 0) is 4.79 Å². The average Bonchev–Trinajstić information content (AvgIpc) is 3.12. The smallest absolute Gasteiger partial charge is 0.226 e. The van der Waals surface area contributed by atoms with E-state index in [1.807, 2.05) is 0 Å². The van der Waals surface area contributed by atoms with Gasteiger partial charge in [0, 0.05) is 31.6 Å². The molecule has 5 unspecified atom stereocenters. The highest BCUT2D eigenvalue weighted by Gasteiger charge is 2.45. The molecule has 98 valence electrons. The Labute approximate surface area is 109 Å². The molecule has 1 saturated carbocycles. The molecule has 2 heterocycles. The Hall–Kier alpha value is -0.830.